The van der Waals surface area contributed by atoms with Gasteiger partial charge in [-0.1, -0.05) is 60.7 Å². The molecule has 2 N–H and O–H groups in total. The predicted molar refractivity (Wildman–Crippen MR) is 96.6 cm³/mol. The van der Waals surface area contributed by atoms with Crippen molar-refractivity contribution < 1.29 is 24.5 Å². The molecule has 0 atom stereocenters. The number of rotatable bonds is 6. The minimum Gasteiger partial charge on any atom is -0.489 e. The summed E-state index contributed by atoms with van der Waals surface area (Å²) in [6.07, 6.45) is 0. The second kappa shape index (κ2) is 7.53. The summed E-state index contributed by atoms with van der Waals surface area (Å²) < 4.78 is 5.72. The van der Waals surface area contributed by atoms with Gasteiger partial charge in [-0.15, -0.1) is 0 Å². The first-order chi connectivity index (χ1) is 12.6. The summed E-state index contributed by atoms with van der Waals surface area (Å²) in [7, 11) is 0. The fourth-order valence-electron chi connectivity index (χ4n) is 2.68. The average molecular weight is 348 g/mol. The Morgan fingerprint density at radius 2 is 1.42 bits per heavy atom. The Morgan fingerprint density at radius 3 is 2.00 bits per heavy atom. The summed E-state index contributed by atoms with van der Waals surface area (Å²) in [5.74, 6) is -2.31. The van der Waals surface area contributed by atoms with Crippen LogP contribution in [0.4, 0.5) is 0 Å². The quantitative estimate of drug-likeness (QED) is 0.693. The van der Waals surface area contributed by atoms with E-state index in [1.807, 2.05) is 30.3 Å². The maximum absolute atomic E-state index is 11.7. The van der Waals surface area contributed by atoms with E-state index in [0.29, 0.717) is 16.9 Å². The molecule has 3 rings (SSSR count). The molecule has 0 heterocycles. The van der Waals surface area contributed by atoms with Crippen molar-refractivity contribution in [3.05, 3.63) is 89.5 Å². The number of benzene rings is 3. The van der Waals surface area contributed by atoms with Crippen LogP contribution < -0.4 is 4.74 Å². The molecule has 26 heavy (non-hydrogen) atoms. The van der Waals surface area contributed by atoms with E-state index in [0.717, 1.165) is 5.56 Å². The second-order valence-electron chi connectivity index (χ2n) is 5.64. The summed E-state index contributed by atoms with van der Waals surface area (Å²) in [5.41, 5.74) is 1.28. The van der Waals surface area contributed by atoms with Crippen molar-refractivity contribution in [2.45, 2.75) is 6.61 Å². The molecule has 0 aliphatic rings. The topological polar surface area (TPSA) is 83.8 Å². The molecule has 3 aromatic carbocycles. The molecule has 0 saturated heterocycles. The standard InChI is InChI=1S/C21H16O5/c22-20(23)18-12-16(26-13-14-7-3-1-4-8-14)11-17(19(18)21(24)25)15-9-5-2-6-10-15/h1-12H,13H2,(H,22,23)(H,24,25). The summed E-state index contributed by atoms with van der Waals surface area (Å²) in [6, 6.07) is 21.0. The monoisotopic (exact) mass is 348 g/mol. The van der Waals surface area contributed by atoms with Crippen LogP contribution in [-0.4, -0.2) is 22.2 Å². The molecule has 0 aromatic heterocycles. The molecular weight excluding hydrogens is 332 g/mol. The lowest BCUT2D eigenvalue weighted by molar-refractivity contribution is 0.0651. The first-order valence-electron chi connectivity index (χ1n) is 7.93. The number of carbonyl (C=O) groups is 2. The van der Waals surface area contributed by atoms with Gasteiger partial charge in [0, 0.05) is 5.56 Å². The van der Waals surface area contributed by atoms with Gasteiger partial charge in [-0.25, -0.2) is 9.59 Å². The van der Waals surface area contributed by atoms with Crippen molar-refractivity contribution in [1.29, 1.82) is 0 Å². The third-order valence-electron chi connectivity index (χ3n) is 3.89. The minimum absolute atomic E-state index is 0.251. The number of hydrogen-bond donors (Lipinski definition) is 2. The lowest BCUT2D eigenvalue weighted by Crippen LogP contribution is -2.11. The van der Waals surface area contributed by atoms with Crippen LogP contribution in [0.25, 0.3) is 11.1 Å². The van der Waals surface area contributed by atoms with Gasteiger partial charge < -0.3 is 14.9 Å². The average Bonchev–Trinajstić information content (AvgIpc) is 2.67. The van der Waals surface area contributed by atoms with Crippen LogP contribution in [0, 0.1) is 0 Å². The van der Waals surface area contributed by atoms with Gasteiger partial charge >= 0.3 is 11.9 Å². The molecule has 0 unspecified atom stereocenters. The van der Waals surface area contributed by atoms with Crippen molar-refractivity contribution in [3.8, 4) is 16.9 Å². The van der Waals surface area contributed by atoms with E-state index >= 15 is 0 Å². The van der Waals surface area contributed by atoms with Crippen molar-refractivity contribution in [3.63, 3.8) is 0 Å². The number of carboxylic acids is 2. The fraction of sp³-hybridized carbons (Fsp3) is 0.0476. The SMILES string of the molecule is O=C(O)c1cc(OCc2ccccc2)cc(-c2ccccc2)c1C(=O)O. The van der Waals surface area contributed by atoms with Crippen molar-refractivity contribution >= 4 is 11.9 Å². The zero-order chi connectivity index (χ0) is 18.5. The smallest absolute Gasteiger partial charge is 0.337 e. The zero-order valence-corrected chi connectivity index (χ0v) is 13.8. The fourth-order valence-corrected chi connectivity index (χ4v) is 2.68. The molecule has 0 aliphatic carbocycles. The van der Waals surface area contributed by atoms with Gasteiger partial charge in [0.05, 0.1) is 11.1 Å². The van der Waals surface area contributed by atoms with E-state index < -0.39 is 11.9 Å². The number of carboxylic acid groups (broad SMARTS) is 2. The third-order valence-corrected chi connectivity index (χ3v) is 3.89. The van der Waals surface area contributed by atoms with Crippen LogP contribution in [0.15, 0.2) is 72.8 Å². The van der Waals surface area contributed by atoms with Crippen molar-refractivity contribution in [1.82, 2.24) is 0 Å². The van der Waals surface area contributed by atoms with Gasteiger partial charge in [-0.3, -0.25) is 0 Å². The first kappa shape index (κ1) is 17.2. The Kier molecular flexibility index (Phi) is 4.99. The maximum atomic E-state index is 11.7. The zero-order valence-electron chi connectivity index (χ0n) is 13.8. The Morgan fingerprint density at radius 1 is 0.808 bits per heavy atom. The lowest BCUT2D eigenvalue weighted by atomic mass is 9.95. The molecule has 3 aromatic rings. The Hall–Kier alpha value is -3.60. The van der Waals surface area contributed by atoms with Crippen LogP contribution in [0.1, 0.15) is 26.3 Å². The summed E-state index contributed by atoms with van der Waals surface area (Å²) in [5, 5.41) is 19.0. The van der Waals surface area contributed by atoms with E-state index in [-0.39, 0.29) is 17.7 Å². The molecule has 0 amide bonds. The van der Waals surface area contributed by atoms with Crippen molar-refractivity contribution in [2.75, 3.05) is 0 Å². The molecule has 0 spiro atoms. The highest BCUT2D eigenvalue weighted by Gasteiger charge is 2.23. The molecule has 0 radical (unpaired) electrons. The Labute approximate surface area is 150 Å². The molecule has 0 bridgehead atoms. The van der Waals surface area contributed by atoms with E-state index in [9.17, 15) is 19.8 Å². The summed E-state index contributed by atoms with van der Waals surface area (Å²) >= 11 is 0. The molecule has 130 valence electrons. The first-order valence-corrected chi connectivity index (χ1v) is 7.93. The van der Waals surface area contributed by atoms with Gasteiger partial charge in [-0.05, 0) is 23.3 Å². The largest absolute Gasteiger partial charge is 0.489 e. The highest BCUT2D eigenvalue weighted by molar-refractivity contribution is 6.07. The number of hydrogen-bond acceptors (Lipinski definition) is 3. The third kappa shape index (κ3) is 3.72. The van der Waals surface area contributed by atoms with Crippen LogP contribution >= 0.6 is 0 Å². The van der Waals surface area contributed by atoms with Gasteiger partial charge in [0.15, 0.2) is 0 Å². The molecule has 0 saturated carbocycles. The second-order valence-corrected chi connectivity index (χ2v) is 5.64. The number of ether oxygens (including phenoxy) is 1. The lowest BCUT2D eigenvalue weighted by Gasteiger charge is -2.14. The molecular formula is C21H16O5. The van der Waals surface area contributed by atoms with Gasteiger partial charge in [0.25, 0.3) is 0 Å². The molecule has 5 heteroatoms. The van der Waals surface area contributed by atoms with Crippen LogP contribution in [0.2, 0.25) is 0 Å². The van der Waals surface area contributed by atoms with E-state index in [2.05, 4.69) is 0 Å². The van der Waals surface area contributed by atoms with Gasteiger partial charge in [0.2, 0.25) is 0 Å². The highest BCUT2D eigenvalue weighted by atomic mass is 16.5. The predicted octanol–water partition coefficient (Wildman–Crippen LogP) is 4.33. The van der Waals surface area contributed by atoms with Crippen LogP contribution in [0.5, 0.6) is 5.75 Å². The summed E-state index contributed by atoms with van der Waals surface area (Å²) in [6.45, 7) is 0.251. The van der Waals surface area contributed by atoms with E-state index in [1.165, 1.54) is 6.07 Å². The van der Waals surface area contributed by atoms with Crippen LogP contribution in [0.3, 0.4) is 0 Å². The summed E-state index contributed by atoms with van der Waals surface area (Å²) in [4.78, 5) is 23.3. The van der Waals surface area contributed by atoms with Crippen LogP contribution in [-0.2, 0) is 6.61 Å². The van der Waals surface area contributed by atoms with E-state index in [4.69, 9.17) is 4.74 Å². The molecule has 0 fully saturated rings. The Bertz CT molecular complexity index is 933. The minimum atomic E-state index is -1.32. The highest BCUT2D eigenvalue weighted by Crippen LogP contribution is 2.32. The number of aromatic carboxylic acids is 2. The normalized spacial score (nSPS) is 10.3. The molecule has 5 nitrogen and oxygen atoms in total. The molecule has 0 aliphatic heterocycles. The van der Waals surface area contributed by atoms with E-state index in [1.54, 1.807) is 36.4 Å². The van der Waals surface area contributed by atoms with Crippen molar-refractivity contribution in [2.24, 2.45) is 0 Å². The maximum Gasteiger partial charge on any atom is 0.337 e. The van der Waals surface area contributed by atoms with Gasteiger partial charge in [0.1, 0.15) is 12.4 Å². The van der Waals surface area contributed by atoms with Gasteiger partial charge in [-0.2, -0.15) is 0 Å². The Balaban J connectivity index is 2.07.